The lowest BCUT2D eigenvalue weighted by Gasteiger charge is -2.31. The largest absolute Gasteiger partial charge is 0.367 e. The number of ether oxygens (including phenoxy) is 1. The Kier molecular flexibility index (Phi) is 6.00. The zero-order valence-corrected chi connectivity index (χ0v) is 16.6. The molecule has 3 aromatic rings. The average molecular weight is 391 g/mol. The molecule has 6 heteroatoms. The van der Waals surface area contributed by atoms with Crippen molar-refractivity contribution in [1.82, 2.24) is 15.0 Å². The van der Waals surface area contributed by atoms with Gasteiger partial charge < -0.3 is 14.2 Å². The van der Waals surface area contributed by atoms with Gasteiger partial charge in [-0.05, 0) is 37.5 Å². The highest BCUT2D eigenvalue weighted by molar-refractivity contribution is 5.94. The molecule has 1 aliphatic heterocycles. The third-order valence-electron chi connectivity index (χ3n) is 5.19. The van der Waals surface area contributed by atoms with E-state index in [1.54, 1.807) is 0 Å². The Morgan fingerprint density at radius 2 is 1.93 bits per heavy atom. The molecule has 1 saturated heterocycles. The van der Waals surface area contributed by atoms with Gasteiger partial charge in [0.05, 0.1) is 6.61 Å². The minimum absolute atomic E-state index is 0.0598. The Hall–Kier alpha value is -2.99. The number of aryl methyl sites for hydroxylation is 1. The molecule has 1 aliphatic rings. The topological polar surface area (TPSA) is 68.5 Å². The predicted octanol–water partition coefficient (Wildman–Crippen LogP) is 4.11. The Morgan fingerprint density at radius 1 is 1.14 bits per heavy atom. The summed E-state index contributed by atoms with van der Waals surface area (Å²) in [6.45, 7) is 4.16. The molecule has 1 aromatic heterocycles. The molecule has 0 aliphatic carbocycles. The molecule has 2 heterocycles. The van der Waals surface area contributed by atoms with E-state index in [1.807, 2.05) is 66.4 Å². The van der Waals surface area contributed by atoms with Crippen molar-refractivity contribution in [3.8, 4) is 0 Å². The Morgan fingerprint density at radius 3 is 2.72 bits per heavy atom. The van der Waals surface area contributed by atoms with Crippen molar-refractivity contribution in [2.24, 2.45) is 0 Å². The molecule has 0 bridgehead atoms. The van der Waals surface area contributed by atoms with E-state index in [9.17, 15) is 4.79 Å². The molecule has 29 heavy (non-hydrogen) atoms. The standard InChI is InChI=1S/C23H25N3O3/c1-17-9-11-19(12-10-17)23(27)26-13-5-8-20(14-26)22-24-21(29-25-22)16-28-15-18-6-3-2-4-7-18/h2-4,6-7,9-12,20H,5,8,13-16H2,1H3. The molecule has 6 nitrogen and oxygen atoms in total. The van der Waals surface area contributed by atoms with E-state index in [2.05, 4.69) is 10.1 Å². The third kappa shape index (κ3) is 4.90. The summed E-state index contributed by atoms with van der Waals surface area (Å²) < 4.78 is 11.0. The van der Waals surface area contributed by atoms with Gasteiger partial charge in [-0.2, -0.15) is 4.98 Å². The van der Waals surface area contributed by atoms with Gasteiger partial charge in [-0.3, -0.25) is 4.79 Å². The molecule has 1 atom stereocenters. The van der Waals surface area contributed by atoms with Gasteiger partial charge in [-0.1, -0.05) is 53.2 Å². The minimum Gasteiger partial charge on any atom is -0.367 e. The lowest BCUT2D eigenvalue weighted by atomic mass is 9.96. The Bertz CT molecular complexity index is 938. The van der Waals surface area contributed by atoms with Crippen molar-refractivity contribution in [2.45, 2.75) is 38.9 Å². The monoisotopic (exact) mass is 391 g/mol. The molecule has 2 aromatic carbocycles. The molecular weight excluding hydrogens is 366 g/mol. The summed E-state index contributed by atoms with van der Waals surface area (Å²) in [5.41, 5.74) is 2.97. The zero-order chi connectivity index (χ0) is 20.1. The number of hydrogen-bond donors (Lipinski definition) is 0. The van der Waals surface area contributed by atoms with E-state index in [4.69, 9.17) is 9.26 Å². The first-order valence-corrected chi connectivity index (χ1v) is 9.99. The summed E-state index contributed by atoms with van der Waals surface area (Å²) in [4.78, 5) is 19.2. The van der Waals surface area contributed by atoms with Crippen LogP contribution < -0.4 is 0 Å². The van der Waals surface area contributed by atoms with Gasteiger partial charge in [-0.15, -0.1) is 0 Å². The number of likely N-dealkylation sites (tertiary alicyclic amines) is 1. The number of carbonyl (C=O) groups excluding carboxylic acids is 1. The summed E-state index contributed by atoms with van der Waals surface area (Å²) in [7, 11) is 0. The number of benzene rings is 2. The number of carbonyl (C=O) groups is 1. The van der Waals surface area contributed by atoms with Crippen LogP contribution in [0.1, 0.15) is 52.0 Å². The SMILES string of the molecule is Cc1ccc(C(=O)N2CCCC(c3noc(COCc4ccccc4)n3)C2)cc1. The van der Waals surface area contributed by atoms with Gasteiger partial charge in [0, 0.05) is 24.6 Å². The van der Waals surface area contributed by atoms with E-state index >= 15 is 0 Å². The van der Waals surface area contributed by atoms with Crippen molar-refractivity contribution in [1.29, 1.82) is 0 Å². The number of piperidine rings is 1. The Labute approximate surface area is 170 Å². The lowest BCUT2D eigenvalue weighted by molar-refractivity contribution is 0.0703. The summed E-state index contributed by atoms with van der Waals surface area (Å²) in [5, 5.41) is 4.14. The highest BCUT2D eigenvalue weighted by Crippen LogP contribution is 2.26. The highest BCUT2D eigenvalue weighted by atomic mass is 16.5. The van der Waals surface area contributed by atoms with Gasteiger partial charge in [-0.25, -0.2) is 0 Å². The second-order valence-electron chi connectivity index (χ2n) is 7.48. The fourth-order valence-electron chi connectivity index (χ4n) is 3.57. The number of rotatable bonds is 6. The molecule has 1 unspecified atom stereocenters. The van der Waals surface area contributed by atoms with Gasteiger partial charge in [0.15, 0.2) is 5.82 Å². The van der Waals surface area contributed by atoms with Crippen molar-refractivity contribution in [3.05, 3.63) is 83.0 Å². The maximum atomic E-state index is 12.8. The number of nitrogens with zero attached hydrogens (tertiary/aromatic N) is 3. The second kappa shape index (κ2) is 9.01. The molecule has 0 N–H and O–H groups in total. The summed E-state index contributed by atoms with van der Waals surface area (Å²) >= 11 is 0. The van der Waals surface area contributed by atoms with Gasteiger partial charge in [0.2, 0.25) is 0 Å². The maximum Gasteiger partial charge on any atom is 0.253 e. The van der Waals surface area contributed by atoms with Crippen LogP contribution in [0, 0.1) is 6.92 Å². The summed E-state index contributed by atoms with van der Waals surface area (Å²) in [6, 6.07) is 17.7. The molecular formula is C23H25N3O3. The van der Waals surface area contributed by atoms with Crippen LogP contribution in [0.2, 0.25) is 0 Å². The number of hydrogen-bond acceptors (Lipinski definition) is 5. The quantitative estimate of drug-likeness (QED) is 0.632. The fraction of sp³-hybridized carbons (Fsp3) is 0.348. The van der Waals surface area contributed by atoms with E-state index in [-0.39, 0.29) is 18.4 Å². The first-order chi connectivity index (χ1) is 14.2. The second-order valence-corrected chi connectivity index (χ2v) is 7.48. The molecule has 4 rings (SSSR count). The molecule has 0 radical (unpaired) electrons. The highest BCUT2D eigenvalue weighted by Gasteiger charge is 2.28. The first kappa shape index (κ1) is 19.3. The van der Waals surface area contributed by atoms with Crippen LogP contribution in [-0.2, 0) is 18.0 Å². The van der Waals surface area contributed by atoms with Crippen LogP contribution in [0.5, 0.6) is 0 Å². The predicted molar refractivity (Wildman–Crippen MR) is 108 cm³/mol. The molecule has 0 saturated carbocycles. The van der Waals surface area contributed by atoms with E-state index < -0.39 is 0 Å². The van der Waals surface area contributed by atoms with Crippen molar-refractivity contribution in [2.75, 3.05) is 13.1 Å². The van der Waals surface area contributed by atoms with Crippen LogP contribution >= 0.6 is 0 Å². The zero-order valence-electron chi connectivity index (χ0n) is 16.6. The van der Waals surface area contributed by atoms with Crippen LogP contribution in [-0.4, -0.2) is 34.0 Å². The minimum atomic E-state index is 0.0598. The number of aromatic nitrogens is 2. The van der Waals surface area contributed by atoms with Crippen LogP contribution in [0.15, 0.2) is 59.1 Å². The normalized spacial score (nSPS) is 16.7. The molecule has 1 amide bonds. The van der Waals surface area contributed by atoms with Gasteiger partial charge in [0.25, 0.3) is 11.8 Å². The van der Waals surface area contributed by atoms with Crippen LogP contribution in [0.25, 0.3) is 0 Å². The fourth-order valence-corrected chi connectivity index (χ4v) is 3.57. The summed E-state index contributed by atoms with van der Waals surface area (Å²) in [5.74, 6) is 1.28. The van der Waals surface area contributed by atoms with Gasteiger partial charge >= 0.3 is 0 Å². The van der Waals surface area contributed by atoms with E-state index in [0.717, 1.165) is 36.1 Å². The van der Waals surface area contributed by atoms with Crippen molar-refractivity contribution in [3.63, 3.8) is 0 Å². The molecule has 0 spiro atoms. The number of amides is 1. The van der Waals surface area contributed by atoms with Crippen molar-refractivity contribution < 1.29 is 14.1 Å². The van der Waals surface area contributed by atoms with Crippen LogP contribution in [0.3, 0.4) is 0 Å². The summed E-state index contributed by atoms with van der Waals surface area (Å²) in [6.07, 6.45) is 1.87. The molecule has 150 valence electrons. The van der Waals surface area contributed by atoms with E-state index in [1.165, 1.54) is 0 Å². The van der Waals surface area contributed by atoms with Gasteiger partial charge in [0.1, 0.15) is 6.61 Å². The third-order valence-corrected chi connectivity index (χ3v) is 5.19. The average Bonchev–Trinajstić information content (AvgIpc) is 3.24. The Balaban J connectivity index is 1.33. The maximum absolute atomic E-state index is 12.8. The first-order valence-electron chi connectivity index (χ1n) is 9.99. The smallest absolute Gasteiger partial charge is 0.253 e. The van der Waals surface area contributed by atoms with Crippen LogP contribution in [0.4, 0.5) is 0 Å². The molecule has 1 fully saturated rings. The lowest BCUT2D eigenvalue weighted by Crippen LogP contribution is -2.39. The van der Waals surface area contributed by atoms with E-state index in [0.29, 0.717) is 24.9 Å². The van der Waals surface area contributed by atoms with Crippen molar-refractivity contribution >= 4 is 5.91 Å².